The highest BCUT2D eigenvalue weighted by Crippen LogP contribution is 2.37. The third-order valence-corrected chi connectivity index (χ3v) is 6.49. The molecule has 0 aliphatic heterocycles. The van der Waals surface area contributed by atoms with E-state index in [4.69, 9.17) is 19.7 Å². The van der Waals surface area contributed by atoms with Crippen LogP contribution in [0.2, 0.25) is 0 Å². The van der Waals surface area contributed by atoms with Crippen molar-refractivity contribution in [3.8, 4) is 17.1 Å². The van der Waals surface area contributed by atoms with Gasteiger partial charge in [0.15, 0.2) is 11.5 Å². The summed E-state index contributed by atoms with van der Waals surface area (Å²) in [5, 5.41) is 21.9. The van der Waals surface area contributed by atoms with Gasteiger partial charge in [0, 0.05) is 24.5 Å². The van der Waals surface area contributed by atoms with Crippen LogP contribution in [0.25, 0.3) is 28.1 Å². The summed E-state index contributed by atoms with van der Waals surface area (Å²) in [6.45, 7) is 3.24. The standard InChI is InChI=1S/C27H30N8O2/c1-17-5-4-10-34-15-19(31-26(17)34)12-29-25-23-14-30-35(20-8-9-20)27(23)33-24(32-25)18-6-3-7-22(11-18)37-16-21(36)13-28-2/h3-7,10-11,14-15,20-21,28,36H,8-9,12-13,16H2,1-2H3,(H,29,32,33). The minimum atomic E-state index is -0.589. The second-order valence-electron chi connectivity index (χ2n) is 9.51. The van der Waals surface area contributed by atoms with E-state index in [1.807, 2.05) is 58.0 Å². The third-order valence-electron chi connectivity index (χ3n) is 6.49. The smallest absolute Gasteiger partial charge is 0.164 e. The largest absolute Gasteiger partial charge is 0.491 e. The normalized spacial score (nSPS) is 14.4. The first-order chi connectivity index (χ1) is 18.1. The zero-order chi connectivity index (χ0) is 25.4. The molecule has 1 aliphatic rings. The predicted molar refractivity (Wildman–Crippen MR) is 142 cm³/mol. The monoisotopic (exact) mass is 498 g/mol. The number of aryl methyl sites for hydroxylation is 1. The number of rotatable bonds is 10. The van der Waals surface area contributed by atoms with Gasteiger partial charge < -0.3 is 24.9 Å². The molecule has 10 heteroatoms. The highest BCUT2D eigenvalue weighted by atomic mass is 16.5. The first-order valence-electron chi connectivity index (χ1n) is 12.6. The Morgan fingerprint density at radius 3 is 2.84 bits per heavy atom. The Morgan fingerprint density at radius 2 is 2.03 bits per heavy atom. The molecule has 4 aromatic heterocycles. The number of hydrogen-bond acceptors (Lipinski definition) is 8. The number of benzene rings is 1. The molecule has 190 valence electrons. The molecule has 10 nitrogen and oxygen atoms in total. The lowest BCUT2D eigenvalue weighted by Gasteiger charge is -2.13. The Morgan fingerprint density at radius 1 is 1.14 bits per heavy atom. The summed E-state index contributed by atoms with van der Waals surface area (Å²) in [5.41, 5.74) is 4.65. The van der Waals surface area contributed by atoms with Crippen molar-refractivity contribution in [1.29, 1.82) is 0 Å². The highest BCUT2D eigenvalue weighted by molar-refractivity contribution is 5.88. The molecule has 0 spiro atoms. The number of pyridine rings is 1. The van der Waals surface area contributed by atoms with E-state index in [1.165, 1.54) is 0 Å². The molecule has 37 heavy (non-hydrogen) atoms. The maximum Gasteiger partial charge on any atom is 0.164 e. The van der Waals surface area contributed by atoms with Gasteiger partial charge in [-0.2, -0.15) is 5.10 Å². The van der Waals surface area contributed by atoms with E-state index < -0.39 is 6.10 Å². The fourth-order valence-corrected chi connectivity index (χ4v) is 4.45. The molecule has 1 atom stereocenters. The molecule has 0 radical (unpaired) electrons. The number of aliphatic hydroxyl groups excluding tert-OH is 1. The van der Waals surface area contributed by atoms with Crippen LogP contribution >= 0.6 is 0 Å². The highest BCUT2D eigenvalue weighted by Gasteiger charge is 2.28. The number of anilines is 1. The maximum absolute atomic E-state index is 9.99. The molecule has 6 rings (SSSR count). The molecule has 0 saturated heterocycles. The molecule has 1 fully saturated rings. The van der Waals surface area contributed by atoms with E-state index in [0.29, 0.717) is 30.7 Å². The Bertz CT molecular complexity index is 1560. The minimum Gasteiger partial charge on any atom is -0.491 e. The lowest BCUT2D eigenvalue weighted by Crippen LogP contribution is -2.29. The predicted octanol–water partition coefficient (Wildman–Crippen LogP) is 3.36. The van der Waals surface area contributed by atoms with Crippen LogP contribution in [0.15, 0.2) is 55.0 Å². The molecule has 1 saturated carbocycles. The van der Waals surface area contributed by atoms with Gasteiger partial charge in [-0.15, -0.1) is 0 Å². The fourth-order valence-electron chi connectivity index (χ4n) is 4.45. The van der Waals surface area contributed by atoms with Crippen molar-refractivity contribution in [2.75, 3.05) is 25.5 Å². The summed E-state index contributed by atoms with van der Waals surface area (Å²) in [7, 11) is 1.80. The number of aromatic nitrogens is 6. The average molecular weight is 499 g/mol. The number of nitrogens with zero attached hydrogens (tertiary/aromatic N) is 6. The van der Waals surface area contributed by atoms with Gasteiger partial charge in [-0.1, -0.05) is 18.2 Å². The van der Waals surface area contributed by atoms with Gasteiger partial charge in [-0.05, 0) is 50.6 Å². The van der Waals surface area contributed by atoms with Crippen molar-refractivity contribution in [2.45, 2.75) is 38.5 Å². The van der Waals surface area contributed by atoms with Crippen molar-refractivity contribution in [3.05, 3.63) is 66.2 Å². The summed E-state index contributed by atoms with van der Waals surface area (Å²) < 4.78 is 9.86. The first-order valence-corrected chi connectivity index (χ1v) is 12.6. The summed E-state index contributed by atoms with van der Waals surface area (Å²) >= 11 is 0. The summed E-state index contributed by atoms with van der Waals surface area (Å²) in [5.74, 6) is 1.96. The molecule has 1 aromatic carbocycles. The fraction of sp³-hybridized carbons (Fsp3) is 0.333. The molecule has 0 amide bonds. The molecular formula is C27H30N8O2. The topological polar surface area (TPSA) is 114 Å². The molecule has 3 N–H and O–H groups in total. The third kappa shape index (κ3) is 4.85. The second-order valence-corrected chi connectivity index (χ2v) is 9.51. The van der Waals surface area contributed by atoms with Crippen LogP contribution in [0.4, 0.5) is 5.82 Å². The van der Waals surface area contributed by atoms with Crippen LogP contribution in [0, 0.1) is 6.92 Å². The Hall–Kier alpha value is -4.02. The quantitative estimate of drug-likeness (QED) is 0.269. The van der Waals surface area contributed by atoms with Gasteiger partial charge in [0.1, 0.15) is 29.9 Å². The van der Waals surface area contributed by atoms with Crippen LogP contribution in [0.5, 0.6) is 5.75 Å². The molecule has 0 bridgehead atoms. The number of ether oxygens (including phenoxy) is 1. The number of aliphatic hydroxyl groups is 1. The van der Waals surface area contributed by atoms with Crippen LogP contribution in [-0.4, -0.2) is 60.5 Å². The van der Waals surface area contributed by atoms with E-state index in [9.17, 15) is 5.11 Å². The lowest BCUT2D eigenvalue weighted by atomic mass is 10.2. The number of hydrogen-bond donors (Lipinski definition) is 3. The van der Waals surface area contributed by atoms with Gasteiger partial charge in [0.2, 0.25) is 0 Å². The lowest BCUT2D eigenvalue weighted by molar-refractivity contribution is 0.108. The minimum absolute atomic E-state index is 0.198. The molecule has 1 unspecified atom stereocenters. The SMILES string of the molecule is CNCC(O)COc1cccc(-c2nc(NCc3cn4cccc(C)c4n3)c3cnn(C4CC4)c3n2)c1. The summed E-state index contributed by atoms with van der Waals surface area (Å²) in [6.07, 6.45) is 7.51. The second kappa shape index (κ2) is 9.79. The zero-order valence-electron chi connectivity index (χ0n) is 20.9. The van der Waals surface area contributed by atoms with Crippen molar-refractivity contribution in [1.82, 2.24) is 34.4 Å². The van der Waals surface area contributed by atoms with Crippen LogP contribution < -0.4 is 15.4 Å². The Balaban J connectivity index is 1.32. The average Bonchev–Trinajstić information content (AvgIpc) is 3.51. The zero-order valence-corrected chi connectivity index (χ0v) is 20.9. The summed E-state index contributed by atoms with van der Waals surface area (Å²) in [4.78, 5) is 14.6. The number of nitrogens with one attached hydrogen (secondary N) is 2. The number of imidazole rings is 1. The Kier molecular flexibility index (Phi) is 6.19. The molecule has 1 aliphatic carbocycles. The molecule has 5 aromatic rings. The molecular weight excluding hydrogens is 468 g/mol. The van der Waals surface area contributed by atoms with Crippen LogP contribution in [-0.2, 0) is 6.54 Å². The number of likely N-dealkylation sites (N-methyl/N-ethyl adjacent to an activating group) is 1. The van der Waals surface area contributed by atoms with E-state index in [0.717, 1.165) is 52.2 Å². The van der Waals surface area contributed by atoms with Gasteiger partial charge in [0.25, 0.3) is 0 Å². The van der Waals surface area contributed by atoms with Crippen LogP contribution in [0.3, 0.4) is 0 Å². The molecule has 4 heterocycles. The van der Waals surface area contributed by atoms with Crippen molar-refractivity contribution in [2.24, 2.45) is 0 Å². The van der Waals surface area contributed by atoms with E-state index >= 15 is 0 Å². The van der Waals surface area contributed by atoms with Gasteiger partial charge >= 0.3 is 0 Å². The van der Waals surface area contributed by atoms with E-state index in [2.05, 4.69) is 28.7 Å². The number of fused-ring (bicyclic) bond motifs is 2. The Labute approximate surface area is 214 Å². The van der Waals surface area contributed by atoms with E-state index in [-0.39, 0.29) is 6.61 Å². The maximum atomic E-state index is 9.99. The van der Waals surface area contributed by atoms with E-state index in [1.54, 1.807) is 7.05 Å². The first kappa shape index (κ1) is 23.4. The van der Waals surface area contributed by atoms with Crippen molar-refractivity contribution < 1.29 is 9.84 Å². The van der Waals surface area contributed by atoms with Crippen LogP contribution in [0.1, 0.15) is 30.1 Å². The van der Waals surface area contributed by atoms with Crippen molar-refractivity contribution in [3.63, 3.8) is 0 Å². The van der Waals surface area contributed by atoms with Gasteiger partial charge in [0.05, 0.1) is 29.9 Å². The summed E-state index contributed by atoms with van der Waals surface area (Å²) in [6, 6.07) is 12.1. The van der Waals surface area contributed by atoms with Crippen molar-refractivity contribution >= 4 is 22.5 Å². The van der Waals surface area contributed by atoms with Gasteiger partial charge in [-0.3, -0.25) is 0 Å². The van der Waals surface area contributed by atoms with Gasteiger partial charge in [-0.25, -0.2) is 19.6 Å².